The largest absolute Gasteiger partial charge is 0.497 e. The van der Waals surface area contributed by atoms with E-state index >= 15 is 0 Å². The summed E-state index contributed by atoms with van der Waals surface area (Å²) >= 11 is 1.51. The number of rotatable bonds is 10. The standard InChI is InChI=1S/C18H23N5O4S/c1-4-27-17(25)15(21-22-19)16(24)14-10-20-18(28-5-2)23(14)11-12-6-8-13(26-3)9-7-12/h6-10,15-16,24H,4-5,11H2,1-3H3. The Morgan fingerprint density at radius 2 is 2.11 bits per heavy atom. The Kier molecular flexibility index (Phi) is 8.19. The van der Waals surface area contributed by atoms with Crippen LogP contribution in [0.5, 0.6) is 5.75 Å². The average Bonchev–Trinajstić information content (AvgIpc) is 3.09. The molecule has 10 heteroatoms. The van der Waals surface area contributed by atoms with Gasteiger partial charge >= 0.3 is 5.97 Å². The van der Waals surface area contributed by atoms with Gasteiger partial charge in [0.15, 0.2) is 11.2 Å². The van der Waals surface area contributed by atoms with Gasteiger partial charge in [0.05, 0.1) is 25.6 Å². The molecule has 2 aromatic rings. The fraction of sp³-hybridized carbons (Fsp3) is 0.444. The number of imidazole rings is 1. The molecule has 9 nitrogen and oxygen atoms in total. The summed E-state index contributed by atoms with van der Waals surface area (Å²) in [4.78, 5) is 19.2. The van der Waals surface area contributed by atoms with Crippen molar-refractivity contribution < 1.29 is 19.4 Å². The third-order valence-corrected chi connectivity index (χ3v) is 4.80. The number of hydrogen-bond acceptors (Lipinski definition) is 7. The number of esters is 1. The summed E-state index contributed by atoms with van der Waals surface area (Å²) in [6.45, 7) is 4.17. The summed E-state index contributed by atoms with van der Waals surface area (Å²) in [6, 6.07) is 6.11. The second-order valence-electron chi connectivity index (χ2n) is 5.68. The number of aliphatic hydroxyl groups is 1. The molecule has 2 rings (SSSR count). The van der Waals surface area contributed by atoms with Crippen LogP contribution in [0.4, 0.5) is 0 Å². The van der Waals surface area contributed by atoms with Gasteiger partial charge in [-0.15, -0.1) is 0 Å². The van der Waals surface area contributed by atoms with Gasteiger partial charge in [-0.1, -0.05) is 35.9 Å². The van der Waals surface area contributed by atoms with Gasteiger partial charge in [0, 0.05) is 11.5 Å². The zero-order valence-electron chi connectivity index (χ0n) is 16.0. The molecule has 0 aliphatic heterocycles. The van der Waals surface area contributed by atoms with Crippen molar-refractivity contribution in [2.24, 2.45) is 5.11 Å². The highest BCUT2D eigenvalue weighted by molar-refractivity contribution is 7.99. The quantitative estimate of drug-likeness (QED) is 0.213. The number of aromatic nitrogens is 2. The predicted octanol–water partition coefficient (Wildman–Crippen LogP) is 3.33. The molecule has 1 aromatic carbocycles. The maximum atomic E-state index is 12.1. The second-order valence-corrected chi connectivity index (χ2v) is 6.91. The predicted molar refractivity (Wildman–Crippen MR) is 105 cm³/mol. The third-order valence-electron chi connectivity index (χ3n) is 3.93. The van der Waals surface area contributed by atoms with Crippen LogP contribution in [-0.2, 0) is 16.1 Å². The van der Waals surface area contributed by atoms with E-state index in [1.165, 1.54) is 18.0 Å². The highest BCUT2D eigenvalue weighted by atomic mass is 32.2. The lowest BCUT2D eigenvalue weighted by Gasteiger charge is -2.20. The fourth-order valence-corrected chi connectivity index (χ4v) is 3.32. The lowest BCUT2D eigenvalue weighted by atomic mass is 10.1. The van der Waals surface area contributed by atoms with Gasteiger partial charge in [0.1, 0.15) is 11.9 Å². The summed E-state index contributed by atoms with van der Waals surface area (Å²) < 4.78 is 11.9. The molecular weight excluding hydrogens is 382 g/mol. The highest BCUT2D eigenvalue weighted by Gasteiger charge is 2.31. The van der Waals surface area contributed by atoms with Gasteiger partial charge in [0.25, 0.3) is 0 Å². The summed E-state index contributed by atoms with van der Waals surface area (Å²) in [5.41, 5.74) is 10.1. The number of carbonyl (C=O) groups excluding carboxylic acids is 1. The van der Waals surface area contributed by atoms with Crippen LogP contribution in [-0.4, -0.2) is 46.1 Å². The number of azide groups is 1. The smallest absolute Gasteiger partial charge is 0.317 e. The van der Waals surface area contributed by atoms with Crippen LogP contribution in [0.3, 0.4) is 0 Å². The first-order chi connectivity index (χ1) is 13.5. The van der Waals surface area contributed by atoms with Crippen LogP contribution < -0.4 is 4.74 Å². The van der Waals surface area contributed by atoms with E-state index in [9.17, 15) is 9.90 Å². The normalized spacial score (nSPS) is 12.7. The molecule has 0 saturated heterocycles. The van der Waals surface area contributed by atoms with Crippen molar-refractivity contribution in [1.82, 2.24) is 9.55 Å². The first kappa shape index (κ1) is 21.6. The van der Waals surface area contributed by atoms with Crippen LogP contribution in [0.2, 0.25) is 0 Å². The number of hydrogen-bond donors (Lipinski definition) is 1. The van der Waals surface area contributed by atoms with E-state index in [1.807, 2.05) is 31.2 Å². The number of carbonyl (C=O) groups is 1. The molecule has 1 aromatic heterocycles. The minimum Gasteiger partial charge on any atom is -0.497 e. The van der Waals surface area contributed by atoms with Gasteiger partial charge in [0.2, 0.25) is 0 Å². The van der Waals surface area contributed by atoms with Gasteiger partial charge in [-0.05, 0) is 35.9 Å². The number of methoxy groups -OCH3 is 1. The molecule has 2 unspecified atom stereocenters. The fourth-order valence-electron chi connectivity index (χ4n) is 2.61. The van der Waals surface area contributed by atoms with Crippen LogP contribution in [0.1, 0.15) is 31.2 Å². The summed E-state index contributed by atoms with van der Waals surface area (Å²) in [5.74, 6) is 0.741. The van der Waals surface area contributed by atoms with E-state index in [-0.39, 0.29) is 6.61 Å². The zero-order chi connectivity index (χ0) is 20.5. The molecule has 0 aliphatic carbocycles. The number of benzene rings is 1. The van der Waals surface area contributed by atoms with Crippen molar-refractivity contribution in [1.29, 1.82) is 0 Å². The zero-order valence-corrected chi connectivity index (χ0v) is 16.8. The van der Waals surface area contributed by atoms with Crippen molar-refractivity contribution in [3.8, 4) is 5.75 Å². The number of aliphatic hydroxyl groups excluding tert-OH is 1. The molecule has 1 heterocycles. The maximum absolute atomic E-state index is 12.1. The Bertz CT molecular complexity index is 833. The summed E-state index contributed by atoms with van der Waals surface area (Å²) in [6.07, 6.45) is 0.109. The summed E-state index contributed by atoms with van der Waals surface area (Å²) in [7, 11) is 1.60. The van der Waals surface area contributed by atoms with E-state index in [0.717, 1.165) is 17.1 Å². The molecule has 0 amide bonds. The monoisotopic (exact) mass is 405 g/mol. The molecule has 0 aliphatic rings. The van der Waals surface area contributed by atoms with Crippen molar-refractivity contribution in [3.63, 3.8) is 0 Å². The molecule has 0 radical (unpaired) electrons. The minimum atomic E-state index is -1.39. The summed E-state index contributed by atoms with van der Waals surface area (Å²) in [5, 5.41) is 14.9. The molecule has 0 bridgehead atoms. The van der Waals surface area contributed by atoms with Crippen LogP contribution in [0.15, 0.2) is 40.7 Å². The Morgan fingerprint density at radius 3 is 2.68 bits per heavy atom. The van der Waals surface area contributed by atoms with Crippen molar-refractivity contribution in [2.45, 2.75) is 37.7 Å². The number of ether oxygens (including phenoxy) is 2. The van der Waals surface area contributed by atoms with E-state index in [4.69, 9.17) is 15.0 Å². The van der Waals surface area contributed by atoms with Crippen LogP contribution in [0.25, 0.3) is 10.4 Å². The van der Waals surface area contributed by atoms with Crippen molar-refractivity contribution in [3.05, 3.63) is 52.2 Å². The van der Waals surface area contributed by atoms with Gasteiger partial charge in [-0.2, -0.15) is 0 Å². The molecular formula is C18H23N5O4S. The number of thioether (sulfide) groups is 1. The third kappa shape index (κ3) is 5.19. The second kappa shape index (κ2) is 10.6. The topological polar surface area (TPSA) is 122 Å². The molecule has 1 N–H and O–H groups in total. The van der Waals surface area contributed by atoms with Gasteiger partial charge in [-0.25, -0.2) is 4.98 Å². The van der Waals surface area contributed by atoms with Gasteiger partial charge in [-0.3, -0.25) is 4.79 Å². The Hall–Kier alpha value is -2.68. The minimum absolute atomic E-state index is 0.116. The Labute approximate surface area is 167 Å². The van der Waals surface area contributed by atoms with Crippen molar-refractivity contribution >= 4 is 17.7 Å². The first-order valence-electron chi connectivity index (χ1n) is 8.75. The lowest BCUT2D eigenvalue weighted by molar-refractivity contribution is -0.147. The van der Waals surface area contributed by atoms with Crippen molar-refractivity contribution in [2.75, 3.05) is 19.5 Å². The first-order valence-corrected chi connectivity index (χ1v) is 9.74. The maximum Gasteiger partial charge on any atom is 0.317 e. The lowest BCUT2D eigenvalue weighted by Crippen LogP contribution is -2.29. The molecule has 0 saturated carbocycles. The number of nitrogens with zero attached hydrogens (tertiary/aromatic N) is 5. The van der Waals surface area contributed by atoms with E-state index < -0.39 is 18.1 Å². The Balaban J connectivity index is 2.39. The van der Waals surface area contributed by atoms with E-state index in [2.05, 4.69) is 15.0 Å². The molecule has 2 atom stereocenters. The van der Waals surface area contributed by atoms with Crippen LogP contribution in [0, 0.1) is 0 Å². The molecule has 0 spiro atoms. The van der Waals surface area contributed by atoms with E-state index in [0.29, 0.717) is 17.4 Å². The highest BCUT2D eigenvalue weighted by Crippen LogP contribution is 2.27. The SMILES string of the molecule is CCOC(=O)C(N=[N+]=[N-])C(O)c1cnc(SCC)n1Cc1ccc(OC)cc1. The Morgan fingerprint density at radius 1 is 1.39 bits per heavy atom. The van der Waals surface area contributed by atoms with E-state index in [1.54, 1.807) is 18.6 Å². The molecule has 150 valence electrons. The van der Waals surface area contributed by atoms with Gasteiger partial charge < -0.3 is 19.1 Å². The van der Waals surface area contributed by atoms with Crippen LogP contribution >= 0.6 is 11.8 Å². The molecule has 0 fully saturated rings. The molecule has 28 heavy (non-hydrogen) atoms. The average molecular weight is 405 g/mol.